The van der Waals surface area contributed by atoms with Crippen LogP contribution in [0, 0.1) is 0 Å². The number of carbonyl (C=O) groups excluding carboxylic acids is 2. The highest BCUT2D eigenvalue weighted by Gasteiger charge is 2.29. The Balaban J connectivity index is 2.44. The molecule has 2 amide bonds. The molecule has 1 aliphatic heterocycles. The van der Waals surface area contributed by atoms with Gasteiger partial charge in [-0.25, -0.2) is 0 Å². The smallest absolute Gasteiger partial charge is 0.242 e. The Labute approximate surface area is 101 Å². The average Bonchev–Trinajstić information content (AvgIpc) is 2.29. The summed E-state index contributed by atoms with van der Waals surface area (Å²) in [6.07, 6.45) is -0.176. The monoisotopic (exact) mass is 243 g/mol. The van der Waals surface area contributed by atoms with Gasteiger partial charge in [-0.1, -0.05) is 0 Å². The zero-order valence-electron chi connectivity index (χ0n) is 10.6. The average molecular weight is 243 g/mol. The largest absolute Gasteiger partial charge is 0.375 e. The van der Waals surface area contributed by atoms with Gasteiger partial charge < -0.3 is 20.7 Å². The molecule has 6 heteroatoms. The fraction of sp³-hybridized carbons (Fsp3) is 0.818. The zero-order valence-corrected chi connectivity index (χ0v) is 10.6. The molecule has 0 aromatic rings. The molecule has 6 nitrogen and oxygen atoms in total. The van der Waals surface area contributed by atoms with E-state index < -0.39 is 6.04 Å². The molecule has 1 aliphatic rings. The van der Waals surface area contributed by atoms with E-state index in [1.165, 1.54) is 0 Å². The summed E-state index contributed by atoms with van der Waals surface area (Å²) in [5.74, 6) is -0.374. The molecule has 1 heterocycles. The van der Waals surface area contributed by atoms with Crippen molar-refractivity contribution >= 4 is 11.8 Å². The molecule has 98 valence electrons. The van der Waals surface area contributed by atoms with Crippen molar-refractivity contribution in [3.8, 4) is 0 Å². The molecule has 1 rings (SSSR count). The first kappa shape index (κ1) is 13.9. The van der Waals surface area contributed by atoms with Crippen molar-refractivity contribution in [1.82, 2.24) is 16.0 Å². The number of rotatable bonds is 4. The number of nitrogens with one attached hydrogen (secondary N) is 3. The van der Waals surface area contributed by atoms with E-state index >= 15 is 0 Å². The summed E-state index contributed by atoms with van der Waals surface area (Å²) >= 11 is 0. The number of hydrogen-bond acceptors (Lipinski definition) is 4. The minimum absolute atomic E-state index is 0.176. The normalized spacial score (nSPS) is 26.1. The summed E-state index contributed by atoms with van der Waals surface area (Å²) in [6.45, 7) is 7.16. The van der Waals surface area contributed by atoms with Crippen LogP contribution >= 0.6 is 0 Å². The van der Waals surface area contributed by atoms with E-state index in [1.54, 1.807) is 6.92 Å². The summed E-state index contributed by atoms with van der Waals surface area (Å²) in [5.41, 5.74) is 0. The lowest BCUT2D eigenvalue weighted by atomic mass is 10.1. The summed E-state index contributed by atoms with van der Waals surface area (Å²) in [6, 6.07) is -0.918. The number of ether oxygens (including phenoxy) is 1. The maximum atomic E-state index is 11.9. The van der Waals surface area contributed by atoms with Crippen LogP contribution in [0.1, 0.15) is 20.8 Å². The lowest BCUT2D eigenvalue weighted by Crippen LogP contribution is -2.58. The molecule has 0 aromatic carbocycles. The molecule has 1 unspecified atom stereocenters. The van der Waals surface area contributed by atoms with Crippen LogP contribution in [-0.2, 0) is 14.3 Å². The van der Waals surface area contributed by atoms with Gasteiger partial charge in [-0.05, 0) is 20.8 Å². The Morgan fingerprint density at radius 1 is 1.53 bits per heavy atom. The van der Waals surface area contributed by atoms with Crippen molar-refractivity contribution in [2.24, 2.45) is 0 Å². The topological polar surface area (TPSA) is 79.5 Å². The van der Waals surface area contributed by atoms with Crippen LogP contribution in [0.3, 0.4) is 0 Å². The quantitative estimate of drug-likeness (QED) is 0.592. The van der Waals surface area contributed by atoms with E-state index in [9.17, 15) is 9.59 Å². The highest BCUT2D eigenvalue weighted by Crippen LogP contribution is 2.04. The Hall–Kier alpha value is -1.14. The standard InChI is InChI=1S/C11H21N3O3/c1-4-12-10(15)7(2)14-11(16)9-8(3)17-6-5-13-9/h7-9,13H,4-6H2,1-3H3,(H,12,15)(H,14,16)/t7?,8-,9+/m1/s1. The van der Waals surface area contributed by atoms with Crippen molar-refractivity contribution in [3.63, 3.8) is 0 Å². The SMILES string of the molecule is CCNC(=O)C(C)NC(=O)[C@H]1NCCO[C@@H]1C. The van der Waals surface area contributed by atoms with E-state index in [0.717, 1.165) is 0 Å². The first-order chi connectivity index (χ1) is 8.06. The van der Waals surface area contributed by atoms with Crippen molar-refractivity contribution in [3.05, 3.63) is 0 Å². The van der Waals surface area contributed by atoms with Crippen LogP contribution in [0.15, 0.2) is 0 Å². The minimum Gasteiger partial charge on any atom is -0.375 e. The van der Waals surface area contributed by atoms with Gasteiger partial charge in [0.05, 0.1) is 12.7 Å². The fourth-order valence-electron chi connectivity index (χ4n) is 1.72. The van der Waals surface area contributed by atoms with Gasteiger partial charge in [0, 0.05) is 13.1 Å². The molecule has 3 N–H and O–H groups in total. The van der Waals surface area contributed by atoms with E-state index in [4.69, 9.17) is 4.74 Å². The lowest BCUT2D eigenvalue weighted by Gasteiger charge is -2.30. The van der Waals surface area contributed by atoms with Crippen LogP contribution in [0.4, 0.5) is 0 Å². The summed E-state index contributed by atoms with van der Waals surface area (Å²) in [4.78, 5) is 23.4. The minimum atomic E-state index is -0.529. The Bertz CT molecular complexity index is 283. The summed E-state index contributed by atoms with van der Waals surface area (Å²) < 4.78 is 5.38. The molecule has 0 saturated carbocycles. The summed E-state index contributed by atoms with van der Waals surface area (Å²) in [5, 5.41) is 8.41. The van der Waals surface area contributed by atoms with Crippen LogP contribution in [0.5, 0.6) is 0 Å². The van der Waals surface area contributed by atoms with E-state index in [2.05, 4.69) is 16.0 Å². The van der Waals surface area contributed by atoms with Crippen LogP contribution in [-0.4, -0.2) is 49.7 Å². The molecule has 0 radical (unpaired) electrons. The van der Waals surface area contributed by atoms with Crippen LogP contribution < -0.4 is 16.0 Å². The number of carbonyl (C=O) groups is 2. The van der Waals surface area contributed by atoms with Crippen LogP contribution in [0.25, 0.3) is 0 Å². The Morgan fingerprint density at radius 3 is 2.82 bits per heavy atom. The van der Waals surface area contributed by atoms with Crippen molar-refractivity contribution < 1.29 is 14.3 Å². The van der Waals surface area contributed by atoms with Gasteiger partial charge in [-0.15, -0.1) is 0 Å². The maximum absolute atomic E-state index is 11.9. The third kappa shape index (κ3) is 3.98. The Kier molecular flexibility index (Phi) is 5.37. The van der Waals surface area contributed by atoms with Gasteiger partial charge in [0.1, 0.15) is 12.1 Å². The molecule has 0 bridgehead atoms. The van der Waals surface area contributed by atoms with Gasteiger partial charge in [0.15, 0.2) is 0 Å². The highest BCUT2D eigenvalue weighted by molar-refractivity contribution is 5.89. The van der Waals surface area contributed by atoms with Gasteiger partial charge in [0.25, 0.3) is 0 Å². The molecular weight excluding hydrogens is 222 g/mol. The second-order valence-electron chi connectivity index (χ2n) is 4.13. The predicted octanol–water partition coefficient (Wildman–Crippen LogP) is -0.996. The third-order valence-corrected chi connectivity index (χ3v) is 2.70. The molecule has 17 heavy (non-hydrogen) atoms. The molecule has 1 saturated heterocycles. The number of morpholine rings is 1. The fourth-order valence-corrected chi connectivity index (χ4v) is 1.72. The molecule has 1 fully saturated rings. The number of amides is 2. The maximum Gasteiger partial charge on any atom is 0.242 e. The van der Waals surface area contributed by atoms with Crippen molar-refractivity contribution in [1.29, 1.82) is 0 Å². The third-order valence-electron chi connectivity index (χ3n) is 2.70. The number of likely N-dealkylation sites (N-methyl/N-ethyl adjacent to an activating group) is 1. The van der Waals surface area contributed by atoms with Crippen LogP contribution in [0.2, 0.25) is 0 Å². The molecule has 0 aliphatic carbocycles. The van der Waals surface area contributed by atoms with Crippen molar-refractivity contribution in [2.75, 3.05) is 19.7 Å². The zero-order chi connectivity index (χ0) is 12.8. The molecule has 0 aromatic heterocycles. The molecular formula is C11H21N3O3. The van der Waals surface area contributed by atoms with E-state index in [-0.39, 0.29) is 24.0 Å². The first-order valence-electron chi connectivity index (χ1n) is 5.99. The molecule has 3 atom stereocenters. The first-order valence-corrected chi connectivity index (χ1v) is 5.99. The second kappa shape index (κ2) is 6.56. The Morgan fingerprint density at radius 2 is 2.24 bits per heavy atom. The predicted molar refractivity (Wildman–Crippen MR) is 63.5 cm³/mol. The van der Waals surface area contributed by atoms with Gasteiger partial charge >= 0.3 is 0 Å². The number of hydrogen-bond donors (Lipinski definition) is 3. The summed E-state index contributed by atoms with van der Waals surface area (Å²) in [7, 11) is 0. The van der Waals surface area contributed by atoms with E-state index in [0.29, 0.717) is 19.7 Å². The van der Waals surface area contributed by atoms with Gasteiger partial charge in [-0.2, -0.15) is 0 Å². The molecule has 0 spiro atoms. The van der Waals surface area contributed by atoms with E-state index in [1.807, 2.05) is 13.8 Å². The second-order valence-corrected chi connectivity index (χ2v) is 4.13. The highest BCUT2D eigenvalue weighted by atomic mass is 16.5. The lowest BCUT2D eigenvalue weighted by molar-refractivity contribution is -0.133. The van der Waals surface area contributed by atoms with Gasteiger partial charge in [0.2, 0.25) is 11.8 Å². The van der Waals surface area contributed by atoms with Gasteiger partial charge in [-0.3, -0.25) is 9.59 Å². The van der Waals surface area contributed by atoms with Crippen molar-refractivity contribution in [2.45, 2.75) is 39.0 Å².